The van der Waals surface area contributed by atoms with E-state index < -0.39 is 11.9 Å². The minimum Gasteiger partial charge on any atom is -0.481 e. The van der Waals surface area contributed by atoms with Gasteiger partial charge < -0.3 is 10.4 Å². The molecule has 92 valence electrons. The predicted molar refractivity (Wildman–Crippen MR) is 62.4 cm³/mol. The van der Waals surface area contributed by atoms with Gasteiger partial charge in [0.25, 0.3) is 0 Å². The van der Waals surface area contributed by atoms with E-state index in [2.05, 4.69) is 10.3 Å². The molecule has 1 aromatic rings. The monoisotopic (exact) mass is 254 g/mol. The van der Waals surface area contributed by atoms with Crippen LogP contribution in [0.3, 0.4) is 0 Å². The number of nitrogens with zero attached hydrogens (tertiary/aromatic N) is 1. The number of nitrogens with one attached hydrogen (secondary N) is 1. The van der Waals surface area contributed by atoms with Crippen LogP contribution in [-0.2, 0) is 16.1 Å². The minimum absolute atomic E-state index is 0.162. The van der Waals surface area contributed by atoms with Crippen molar-refractivity contribution < 1.29 is 14.7 Å². The van der Waals surface area contributed by atoms with Crippen molar-refractivity contribution in [3.8, 4) is 0 Å². The summed E-state index contributed by atoms with van der Waals surface area (Å²) in [7, 11) is 0. The Morgan fingerprint density at radius 3 is 2.88 bits per heavy atom. The highest BCUT2D eigenvalue weighted by Gasteiger charge is 2.37. The Balaban J connectivity index is 1.89. The molecule has 6 heteroatoms. The summed E-state index contributed by atoms with van der Waals surface area (Å²) in [5.41, 5.74) is 0. The Hall–Kier alpha value is -1.43. The molecule has 2 N–H and O–H groups in total. The first-order chi connectivity index (χ1) is 8.18. The molecule has 17 heavy (non-hydrogen) atoms. The largest absolute Gasteiger partial charge is 0.481 e. The van der Waals surface area contributed by atoms with Gasteiger partial charge in [0, 0.05) is 11.6 Å². The molecule has 0 radical (unpaired) electrons. The number of rotatable bonds is 4. The van der Waals surface area contributed by atoms with Gasteiger partial charge in [-0.1, -0.05) is 6.42 Å². The summed E-state index contributed by atoms with van der Waals surface area (Å²) >= 11 is 1.47. The van der Waals surface area contributed by atoms with Crippen LogP contribution in [0.1, 0.15) is 24.3 Å². The summed E-state index contributed by atoms with van der Waals surface area (Å²) in [5.74, 6) is -1.93. The van der Waals surface area contributed by atoms with E-state index in [1.54, 1.807) is 6.20 Å². The summed E-state index contributed by atoms with van der Waals surface area (Å²) in [6.07, 6.45) is 3.76. The Morgan fingerprint density at radius 1 is 1.47 bits per heavy atom. The summed E-state index contributed by atoms with van der Waals surface area (Å²) in [6.45, 7) is 0.388. The van der Waals surface area contributed by atoms with Crippen LogP contribution in [0, 0.1) is 11.8 Å². The van der Waals surface area contributed by atoms with Gasteiger partial charge in [-0.15, -0.1) is 11.3 Å². The molecule has 1 aliphatic carbocycles. The van der Waals surface area contributed by atoms with Gasteiger partial charge in [-0.05, 0) is 12.8 Å². The number of amides is 1. The van der Waals surface area contributed by atoms with Crippen LogP contribution in [0.2, 0.25) is 0 Å². The van der Waals surface area contributed by atoms with Crippen LogP contribution in [0.5, 0.6) is 0 Å². The number of carbonyl (C=O) groups excluding carboxylic acids is 1. The molecule has 0 bridgehead atoms. The van der Waals surface area contributed by atoms with Crippen molar-refractivity contribution in [2.75, 3.05) is 0 Å². The topological polar surface area (TPSA) is 79.3 Å². The summed E-state index contributed by atoms with van der Waals surface area (Å²) in [5, 5.41) is 14.4. The predicted octanol–water partition coefficient (Wildman–Crippen LogP) is 1.26. The third kappa shape index (κ3) is 2.82. The molecule has 2 atom stereocenters. The van der Waals surface area contributed by atoms with Gasteiger partial charge in [0.2, 0.25) is 5.91 Å². The van der Waals surface area contributed by atoms with E-state index in [1.807, 2.05) is 5.38 Å². The van der Waals surface area contributed by atoms with Gasteiger partial charge >= 0.3 is 5.97 Å². The maximum Gasteiger partial charge on any atom is 0.307 e. The van der Waals surface area contributed by atoms with E-state index >= 15 is 0 Å². The van der Waals surface area contributed by atoms with E-state index in [9.17, 15) is 9.59 Å². The molecule has 1 fully saturated rings. The number of aromatic nitrogens is 1. The number of hydrogen-bond donors (Lipinski definition) is 2. The molecule has 1 aromatic heterocycles. The van der Waals surface area contributed by atoms with Crippen LogP contribution >= 0.6 is 11.3 Å². The van der Waals surface area contributed by atoms with Crippen LogP contribution in [0.15, 0.2) is 11.6 Å². The average Bonchev–Trinajstić information content (AvgIpc) is 2.96. The van der Waals surface area contributed by atoms with E-state index in [1.165, 1.54) is 11.3 Å². The first kappa shape index (κ1) is 12.0. The molecular formula is C11H14N2O3S. The zero-order chi connectivity index (χ0) is 12.3. The SMILES string of the molecule is O=C(O)C1CCCC1C(=O)NCc1nccs1. The van der Waals surface area contributed by atoms with Crippen LogP contribution in [0.4, 0.5) is 0 Å². The fraction of sp³-hybridized carbons (Fsp3) is 0.545. The molecule has 0 aliphatic heterocycles. The van der Waals surface area contributed by atoms with Gasteiger partial charge in [-0.25, -0.2) is 4.98 Å². The third-order valence-electron chi connectivity index (χ3n) is 3.07. The number of aliphatic carboxylic acids is 1. The lowest BCUT2D eigenvalue weighted by molar-refractivity contribution is -0.146. The molecule has 1 saturated carbocycles. The highest BCUT2D eigenvalue weighted by Crippen LogP contribution is 2.32. The fourth-order valence-electron chi connectivity index (χ4n) is 2.20. The first-order valence-corrected chi connectivity index (χ1v) is 6.45. The van der Waals surface area contributed by atoms with Gasteiger partial charge in [-0.2, -0.15) is 0 Å². The Morgan fingerprint density at radius 2 is 2.24 bits per heavy atom. The van der Waals surface area contributed by atoms with Crippen molar-refractivity contribution in [3.05, 3.63) is 16.6 Å². The lowest BCUT2D eigenvalue weighted by Gasteiger charge is -2.14. The minimum atomic E-state index is -0.864. The molecular weight excluding hydrogens is 240 g/mol. The van der Waals surface area contributed by atoms with Crippen molar-refractivity contribution >= 4 is 23.2 Å². The average molecular weight is 254 g/mol. The molecule has 5 nitrogen and oxygen atoms in total. The Labute approximate surface area is 103 Å². The van der Waals surface area contributed by atoms with E-state index in [4.69, 9.17) is 5.11 Å². The van der Waals surface area contributed by atoms with Crippen molar-refractivity contribution in [1.82, 2.24) is 10.3 Å². The number of carboxylic acid groups (broad SMARTS) is 1. The molecule has 0 saturated heterocycles. The summed E-state index contributed by atoms with van der Waals surface area (Å²) < 4.78 is 0. The highest BCUT2D eigenvalue weighted by atomic mass is 32.1. The quantitative estimate of drug-likeness (QED) is 0.847. The second-order valence-electron chi connectivity index (χ2n) is 4.13. The highest BCUT2D eigenvalue weighted by molar-refractivity contribution is 7.09. The lowest BCUT2D eigenvalue weighted by atomic mass is 9.95. The van der Waals surface area contributed by atoms with Gasteiger partial charge in [0.1, 0.15) is 5.01 Å². The normalized spacial score (nSPS) is 23.5. The third-order valence-corrected chi connectivity index (χ3v) is 3.85. The zero-order valence-electron chi connectivity index (χ0n) is 9.26. The second-order valence-corrected chi connectivity index (χ2v) is 5.10. The van der Waals surface area contributed by atoms with Crippen molar-refractivity contribution in [2.45, 2.75) is 25.8 Å². The fourth-order valence-corrected chi connectivity index (χ4v) is 2.76. The van der Waals surface area contributed by atoms with Gasteiger partial charge in [-0.3, -0.25) is 9.59 Å². The zero-order valence-corrected chi connectivity index (χ0v) is 10.1. The van der Waals surface area contributed by atoms with Crippen molar-refractivity contribution in [3.63, 3.8) is 0 Å². The number of carboxylic acids is 1. The van der Waals surface area contributed by atoms with Gasteiger partial charge in [0.15, 0.2) is 0 Å². The van der Waals surface area contributed by atoms with E-state index in [0.717, 1.165) is 11.4 Å². The maximum absolute atomic E-state index is 11.9. The Kier molecular flexibility index (Phi) is 3.73. The van der Waals surface area contributed by atoms with Crippen molar-refractivity contribution in [2.24, 2.45) is 11.8 Å². The van der Waals surface area contributed by atoms with Crippen molar-refractivity contribution in [1.29, 1.82) is 0 Å². The number of thiazole rings is 1. The number of hydrogen-bond acceptors (Lipinski definition) is 4. The standard InChI is InChI=1S/C11H14N2O3S/c14-10(13-6-9-12-4-5-17-9)7-2-1-3-8(7)11(15)16/h4-5,7-8H,1-3,6H2,(H,13,14)(H,15,16). The smallest absolute Gasteiger partial charge is 0.307 e. The van der Waals surface area contributed by atoms with Gasteiger partial charge in [0.05, 0.1) is 18.4 Å². The molecule has 2 rings (SSSR count). The molecule has 1 aliphatic rings. The van der Waals surface area contributed by atoms with Crippen LogP contribution in [0.25, 0.3) is 0 Å². The molecule has 2 unspecified atom stereocenters. The number of carbonyl (C=O) groups is 2. The Bertz CT molecular complexity index is 405. The molecule has 0 aromatic carbocycles. The lowest BCUT2D eigenvalue weighted by Crippen LogP contribution is -2.34. The van der Waals surface area contributed by atoms with E-state index in [0.29, 0.717) is 19.4 Å². The summed E-state index contributed by atoms with van der Waals surface area (Å²) in [4.78, 5) is 26.9. The van der Waals surface area contributed by atoms with Crippen LogP contribution in [-0.4, -0.2) is 22.0 Å². The summed E-state index contributed by atoms with van der Waals surface area (Å²) in [6, 6.07) is 0. The molecule has 1 heterocycles. The molecule has 0 spiro atoms. The second kappa shape index (κ2) is 5.27. The maximum atomic E-state index is 11.9. The molecule has 1 amide bonds. The van der Waals surface area contributed by atoms with E-state index in [-0.39, 0.29) is 11.8 Å². The first-order valence-electron chi connectivity index (χ1n) is 5.57. The van der Waals surface area contributed by atoms with Crippen LogP contribution < -0.4 is 5.32 Å².